The molecule has 124 valence electrons. The van der Waals surface area contributed by atoms with Crippen LogP contribution < -0.4 is 16.1 Å². The number of imidazole rings is 1. The number of rotatable bonds is 2. The number of aryl methyl sites for hydroxylation is 1. The standard InChI is InChI=1S/C15H14N4O4S/c1-9-2-5-11(6-3-9)24(22,23)18-15(21)19-13-7-4-10(16)8-12(13)17-14(19)20/h2-8H,16H2,1H3,(H,17,20)(H,18,21). The average Bonchev–Trinajstić information content (AvgIpc) is 2.82. The van der Waals surface area contributed by atoms with E-state index >= 15 is 0 Å². The van der Waals surface area contributed by atoms with Gasteiger partial charge in [-0.2, -0.15) is 0 Å². The molecule has 0 saturated heterocycles. The molecule has 0 aliphatic carbocycles. The van der Waals surface area contributed by atoms with Gasteiger partial charge in [0.2, 0.25) is 0 Å². The average molecular weight is 346 g/mol. The van der Waals surface area contributed by atoms with Gasteiger partial charge in [0, 0.05) is 5.69 Å². The number of hydrogen-bond donors (Lipinski definition) is 3. The van der Waals surface area contributed by atoms with Crippen LogP contribution in [0.15, 0.2) is 52.2 Å². The van der Waals surface area contributed by atoms with E-state index in [-0.39, 0.29) is 10.4 Å². The van der Waals surface area contributed by atoms with Gasteiger partial charge in [0.05, 0.1) is 15.9 Å². The normalized spacial score (nSPS) is 11.5. The zero-order valence-corrected chi connectivity index (χ0v) is 13.4. The van der Waals surface area contributed by atoms with Crippen molar-refractivity contribution in [2.75, 3.05) is 5.73 Å². The maximum absolute atomic E-state index is 12.3. The summed E-state index contributed by atoms with van der Waals surface area (Å²) in [5.74, 6) is 0. The van der Waals surface area contributed by atoms with Crippen LogP contribution in [-0.2, 0) is 10.0 Å². The smallest absolute Gasteiger partial charge is 0.344 e. The predicted octanol–water partition coefficient (Wildman–Crippen LogP) is 1.17. The van der Waals surface area contributed by atoms with E-state index in [0.29, 0.717) is 15.8 Å². The Morgan fingerprint density at radius 2 is 1.83 bits per heavy atom. The third-order valence-corrected chi connectivity index (χ3v) is 4.80. The molecule has 4 N–H and O–H groups in total. The molecule has 24 heavy (non-hydrogen) atoms. The van der Waals surface area contributed by atoms with Gasteiger partial charge in [0.1, 0.15) is 0 Å². The Hall–Kier alpha value is -3.07. The monoisotopic (exact) mass is 346 g/mol. The van der Waals surface area contributed by atoms with Crippen LogP contribution in [0, 0.1) is 6.92 Å². The lowest BCUT2D eigenvalue weighted by Crippen LogP contribution is -2.38. The second kappa shape index (κ2) is 5.53. The minimum Gasteiger partial charge on any atom is -0.399 e. The summed E-state index contributed by atoms with van der Waals surface area (Å²) in [6.45, 7) is 1.81. The van der Waals surface area contributed by atoms with Crippen molar-refractivity contribution in [1.29, 1.82) is 0 Å². The highest BCUT2D eigenvalue weighted by Gasteiger charge is 2.21. The van der Waals surface area contributed by atoms with Crippen molar-refractivity contribution < 1.29 is 13.2 Å². The number of benzene rings is 2. The molecule has 1 amide bonds. The van der Waals surface area contributed by atoms with Crippen molar-refractivity contribution in [2.24, 2.45) is 0 Å². The Labute approximate surface area is 137 Å². The maximum Gasteiger partial charge on any atom is 0.344 e. The largest absolute Gasteiger partial charge is 0.399 e. The maximum atomic E-state index is 12.3. The molecular formula is C15H14N4O4S. The zero-order chi connectivity index (χ0) is 17.5. The van der Waals surface area contributed by atoms with Crippen molar-refractivity contribution in [3.05, 3.63) is 58.5 Å². The molecule has 0 spiro atoms. The van der Waals surface area contributed by atoms with Crippen LogP contribution in [0.2, 0.25) is 0 Å². The minimum atomic E-state index is -4.09. The topological polar surface area (TPSA) is 127 Å². The molecule has 3 aromatic rings. The summed E-state index contributed by atoms with van der Waals surface area (Å²) < 4.78 is 27.1. The molecule has 1 aromatic heterocycles. The summed E-state index contributed by atoms with van der Waals surface area (Å²) in [5.41, 5.74) is 6.71. The molecule has 1 heterocycles. The van der Waals surface area contributed by atoms with Crippen LogP contribution in [0.3, 0.4) is 0 Å². The molecule has 0 unspecified atom stereocenters. The SMILES string of the molecule is Cc1ccc(S(=O)(=O)NC(=O)n2c(=O)[nH]c3cc(N)ccc32)cc1. The molecular weight excluding hydrogens is 332 g/mol. The van der Waals surface area contributed by atoms with Crippen molar-refractivity contribution in [1.82, 2.24) is 14.3 Å². The first-order valence-corrected chi connectivity index (χ1v) is 8.40. The quantitative estimate of drug-likeness (QED) is 0.600. The van der Waals surface area contributed by atoms with Gasteiger partial charge in [0.25, 0.3) is 10.0 Å². The van der Waals surface area contributed by atoms with Crippen molar-refractivity contribution >= 4 is 32.8 Å². The van der Waals surface area contributed by atoms with Crippen LogP contribution in [-0.4, -0.2) is 24.0 Å². The summed E-state index contributed by atoms with van der Waals surface area (Å²) in [7, 11) is -4.09. The summed E-state index contributed by atoms with van der Waals surface area (Å²) in [6, 6.07) is 9.35. The molecule has 0 aliphatic rings. The van der Waals surface area contributed by atoms with Crippen molar-refractivity contribution in [3.63, 3.8) is 0 Å². The highest BCUT2D eigenvalue weighted by atomic mass is 32.2. The molecule has 0 saturated carbocycles. The summed E-state index contributed by atoms with van der Waals surface area (Å²) >= 11 is 0. The molecule has 8 nitrogen and oxygen atoms in total. The number of carbonyl (C=O) groups excluding carboxylic acids is 1. The van der Waals surface area contributed by atoms with Gasteiger partial charge in [-0.1, -0.05) is 17.7 Å². The number of fused-ring (bicyclic) bond motifs is 1. The van der Waals surface area contributed by atoms with E-state index in [1.54, 1.807) is 12.1 Å². The molecule has 0 bridgehead atoms. The fraction of sp³-hybridized carbons (Fsp3) is 0.0667. The number of sulfonamides is 1. The third kappa shape index (κ3) is 2.76. The highest BCUT2D eigenvalue weighted by Crippen LogP contribution is 2.15. The fourth-order valence-corrected chi connectivity index (χ4v) is 3.20. The van der Waals surface area contributed by atoms with E-state index in [1.807, 2.05) is 11.6 Å². The lowest BCUT2D eigenvalue weighted by Gasteiger charge is -2.07. The summed E-state index contributed by atoms with van der Waals surface area (Å²) in [4.78, 5) is 26.7. The minimum absolute atomic E-state index is 0.0708. The predicted molar refractivity (Wildman–Crippen MR) is 89.3 cm³/mol. The molecule has 0 atom stereocenters. The Kier molecular flexibility index (Phi) is 3.64. The summed E-state index contributed by atoms with van der Waals surface area (Å²) in [5, 5.41) is 0. The number of aromatic amines is 1. The Morgan fingerprint density at radius 3 is 2.50 bits per heavy atom. The number of anilines is 1. The molecule has 0 aliphatic heterocycles. The number of nitrogens with two attached hydrogens (primary N) is 1. The third-order valence-electron chi connectivity index (χ3n) is 3.46. The molecule has 9 heteroatoms. The number of H-pyrrole nitrogens is 1. The Bertz CT molecular complexity index is 1090. The number of aromatic nitrogens is 2. The van der Waals surface area contributed by atoms with E-state index in [1.165, 1.54) is 30.3 Å². The van der Waals surface area contributed by atoms with E-state index in [0.717, 1.165) is 5.56 Å². The van der Waals surface area contributed by atoms with Crippen molar-refractivity contribution in [2.45, 2.75) is 11.8 Å². The van der Waals surface area contributed by atoms with E-state index in [2.05, 4.69) is 4.98 Å². The number of hydrogen-bond acceptors (Lipinski definition) is 5. The van der Waals surface area contributed by atoms with Crippen LogP contribution >= 0.6 is 0 Å². The molecule has 0 fully saturated rings. The molecule has 2 aromatic carbocycles. The number of amides is 1. The van der Waals surface area contributed by atoms with E-state index < -0.39 is 21.7 Å². The van der Waals surface area contributed by atoms with Gasteiger partial charge in [-0.3, -0.25) is 0 Å². The Balaban J connectivity index is 2.00. The van der Waals surface area contributed by atoms with Crippen LogP contribution in [0.1, 0.15) is 5.56 Å². The lowest BCUT2D eigenvalue weighted by molar-refractivity contribution is 0.247. The second-order valence-electron chi connectivity index (χ2n) is 5.27. The first-order chi connectivity index (χ1) is 11.3. The number of nitrogen functional groups attached to an aromatic ring is 1. The second-order valence-corrected chi connectivity index (χ2v) is 6.95. The first kappa shape index (κ1) is 15.8. The van der Waals surface area contributed by atoms with E-state index in [4.69, 9.17) is 5.73 Å². The van der Waals surface area contributed by atoms with Crippen LogP contribution in [0.25, 0.3) is 11.0 Å². The van der Waals surface area contributed by atoms with E-state index in [9.17, 15) is 18.0 Å². The van der Waals surface area contributed by atoms with Gasteiger partial charge >= 0.3 is 11.7 Å². The highest BCUT2D eigenvalue weighted by molar-refractivity contribution is 7.90. The van der Waals surface area contributed by atoms with Gasteiger partial charge in [-0.05, 0) is 37.3 Å². The van der Waals surface area contributed by atoms with Crippen LogP contribution in [0.5, 0.6) is 0 Å². The lowest BCUT2D eigenvalue weighted by atomic mass is 10.2. The number of carbonyl (C=O) groups is 1. The Morgan fingerprint density at radius 1 is 1.17 bits per heavy atom. The molecule has 0 radical (unpaired) electrons. The van der Waals surface area contributed by atoms with Crippen LogP contribution in [0.4, 0.5) is 10.5 Å². The first-order valence-electron chi connectivity index (χ1n) is 6.92. The van der Waals surface area contributed by atoms with Gasteiger partial charge in [0.15, 0.2) is 0 Å². The summed E-state index contributed by atoms with van der Waals surface area (Å²) in [6.07, 6.45) is 0. The zero-order valence-electron chi connectivity index (χ0n) is 12.6. The fourth-order valence-electron chi connectivity index (χ4n) is 2.27. The molecule has 3 rings (SSSR count). The van der Waals surface area contributed by atoms with Gasteiger partial charge < -0.3 is 10.7 Å². The van der Waals surface area contributed by atoms with Gasteiger partial charge in [-0.15, -0.1) is 0 Å². The number of nitrogens with one attached hydrogen (secondary N) is 2. The number of nitrogens with zero attached hydrogens (tertiary/aromatic N) is 1. The van der Waals surface area contributed by atoms with Crippen molar-refractivity contribution in [3.8, 4) is 0 Å². The van der Waals surface area contributed by atoms with Gasteiger partial charge in [-0.25, -0.2) is 27.3 Å².